The van der Waals surface area contributed by atoms with Crippen molar-refractivity contribution in [3.8, 4) is 6.07 Å². The summed E-state index contributed by atoms with van der Waals surface area (Å²) >= 11 is 6.13. The number of fused-ring (bicyclic) bond motifs is 1. The third-order valence-corrected chi connectivity index (χ3v) is 4.69. The van der Waals surface area contributed by atoms with Gasteiger partial charge in [0, 0.05) is 22.7 Å². The molecule has 0 saturated carbocycles. The monoisotopic (exact) mass is 356 g/mol. The van der Waals surface area contributed by atoms with Gasteiger partial charge >= 0.3 is 5.97 Å². The van der Waals surface area contributed by atoms with E-state index < -0.39 is 17.2 Å². The molecule has 0 saturated heterocycles. The Morgan fingerprint density at radius 2 is 2.00 bits per heavy atom. The molecule has 2 aromatic rings. The molecule has 25 heavy (non-hydrogen) atoms. The van der Waals surface area contributed by atoms with Crippen LogP contribution in [0.25, 0.3) is 5.70 Å². The van der Waals surface area contributed by atoms with Gasteiger partial charge in [0.15, 0.2) is 0 Å². The molecule has 2 aromatic carbocycles. The molecule has 0 aliphatic heterocycles. The Labute approximate surface area is 149 Å². The molecule has 0 aromatic heterocycles. The van der Waals surface area contributed by atoms with Crippen LogP contribution in [0.4, 0.5) is 4.39 Å². The first-order valence-corrected chi connectivity index (χ1v) is 7.85. The lowest BCUT2D eigenvalue weighted by Gasteiger charge is -2.35. The Morgan fingerprint density at radius 3 is 2.60 bits per heavy atom. The van der Waals surface area contributed by atoms with Crippen LogP contribution in [-0.2, 0) is 14.9 Å². The van der Waals surface area contributed by atoms with Crippen molar-refractivity contribution >= 4 is 23.3 Å². The third-order valence-electron chi connectivity index (χ3n) is 4.46. The topological polar surface area (TPSA) is 76.1 Å². The summed E-state index contributed by atoms with van der Waals surface area (Å²) in [5.41, 5.74) is 7.08. The average molecular weight is 357 g/mol. The van der Waals surface area contributed by atoms with E-state index in [-0.39, 0.29) is 17.7 Å². The van der Waals surface area contributed by atoms with Crippen LogP contribution in [0.3, 0.4) is 0 Å². The Balaban J connectivity index is 2.34. The van der Waals surface area contributed by atoms with Crippen LogP contribution in [0.2, 0.25) is 5.02 Å². The van der Waals surface area contributed by atoms with Crippen LogP contribution in [0.1, 0.15) is 23.1 Å². The van der Waals surface area contributed by atoms with Gasteiger partial charge < -0.3 is 10.5 Å². The number of hydrogen-bond donors (Lipinski definition) is 1. The van der Waals surface area contributed by atoms with Crippen molar-refractivity contribution in [3.63, 3.8) is 0 Å². The first-order chi connectivity index (χ1) is 11.9. The molecule has 4 nitrogen and oxygen atoms in total. The largest absolute Gasteiger partial charge is 0.466 e. The number of rotatable bonds is 2. The second-order valence-corrected chi connectivity index (χ2v) is 6.21. The summed E-state index contributed by atoms with van der Waals surface area (Å²) in [5.74, 6) is -1.01. The van der Waals surface area contributed by atoms with E-state index in [0.717, 1.165) is 0 Å². The number of halogens is 2. The molecule has 0 heterocycles. The fourth-order valence-corrected chi connectivity index (χ4v) is 3.36. The van der Waals surface area contributed by atoms with E-state index in [4.69, 9.17) is 22.1 Å². The van der Waals surface area contributed by atoms with E-state index >= 15 is 0 Å². The molecule has 0 bridgehead atoms. The van der Waals surface area contributed by atoms with E-state index in [1.54, 1.807) is 18.2 Å². The zero-order chi connectivity index (χ0) is 18.2. The second-order valence-electron chi connectivity index (χ2n) is 5.77. The first kappa shape index (κ1) is 17.0. The van der Waals surface area contributed by atoms with Gasteiger partial charge in [0.2, 0.25) is 0 Å². The molecule has 1 aliphatic rings. The van der Waals surface area contributed by atoms with Gasteiger partial charge in [0.05, 0.1) is 18.8 Å². The van der Waals surface area contributed by atoms with E-state index in [2.05, 4.69) is 6.07 Å². The molecule has 2 N–H and O–H groups in total. The quantitative estimate of drug-likeness (QED) is 0.835. The number of nitriles is 1. The minimum absolute atomic E-state index is 0.0149. The Kier molecular flexibility index (Phi) is 4.23. The lowest BCUT2D eigenvalue weighted by molar-refractivity contribution is -0.136. The number of hydrogen-bond acceptors (Lipinski definition) is 4. The Bertz CT molecular complexity index is 931. The summed E-state index contributed by atoms with van der Waals surface area (Å²) in [6.45, 7) is 0. The lowest BCUT2D eigenvalue weighted by atomic mass is 9.66. The highest BCUT2D eigenvalue weighted by Gasteiger charge is 2.43. The summed E-state index contributed by atoms with van der Waals surface area (Å²) in [6, 6.07) is 12.9. The molecule has 6 heteroatoms. The van der Waals surface area contributed by atoms with E-state index in [1.165, 1.54) is 31.4 Å². The number of methoxy groups -OCH3 is 1. The fraction of sp³-hybridized carbons (Fsp3) is 0.158. The molecular weight excluding hydrogens is 343 g/mol. The van der Waals surface area contributed by atoms with Crippen molar-refractivity contribution in [1.29, 1.82) is 5.26 Å². The Morgan fingerprint density at radius 1 is 1.32 bits per heavy atom. The highest BCUT2D eigenvalue weighted by Crippen LogP contribution is 2.46. The van der Waals surface area contributed by atoms with Gasteiger partial charge in [-0.3, -0.25) is 0 Å². The first-order valence-electron chi connectivity index (χ1n) is 7.47. The minimum Gasteiger partial charge on any atom is -0.466 e. The molecule has 1 atom stereocenters. The summed E-state index contributed by atoms with van der Waals surface area (Å²) in [6.07, 6.45) is 0.0149. The van der Waals surface area contributed by atoms with E-state index in [1.807, 2.05) is 0 Å². The van der Waals surface area contributed by atoms with E-state index in [0.29, 0.717) is 21.7 Å². The van der Waals surface area contributed by atoms with Gasteiger partial charge in [-0.05, 0) is 35.4 Å². The maximum atomic E-state index is 13.4. The van der Waals surface area contributed by atoms with Crippen LogP contribution in [0.15, 0.2) is 48.0 Å². The normalized spacial score (nSPS) is 19.1. The van der Waals surface area contributed by atoms with Gasteiger partial charge in [-0.1, -0.05) is 29.8 Å². The Hall–Kier alpha value is -2.84. The number of esters is 1. The van der Waals surface area contributed by atoms with Gasteiger partial charge in [-0.2, -0.15) is 5.26 Å². The van der Waals surface area contributed by atoms with Crippen LogP contribution in [0.5, 0.6) is 0 Å². The fourth-order valence-electron chi connectivity index (χ4n) is 3.18. The van der Waals surface area contributed by atoms with Crippen LogP contribution >= 0.6 is 11.6 Å². The van der Waals surface area contributed by atoms with Crippen molar-refractivity contribution in [3.05, 3.63) is 75.6 Å². The van der Waals surface area contributed by atoms with Crippen LogP contribution in [-0.4, -0.2) is 13.1 Å². The third kappa shape index (κ3) is 2.65. The van der Waals surface area contributed by atoms with Crippen LogP contribution < -0.4 is 5.73 Å². The zero-order valence-corrected chi connectivity index (χ0v) is 14.1. The summed E-state index contributed by atoms with van der Waals surface area (Å²) in [7, 11) is 1.26. The maximum absolute atomic E-state index is 13.4. The average Bonchev–Trinajstić information content (AvgIpc) is 2.62. The molecular formula is C19H14ClFN2O2. The molecule has 3 rings (SSSR count). The number of carbonyl (C=O) groups excluding carboxylic acids is 1. The molecule has 0 radical (unpaired) electrons. The number of benzene rings is 2. The van der Waals surface area contributed by atoms with Gasteiger partial charge in [0.1, 0.15) is 11.2 Å². The number of nitrogens with two attached hydrogens (primary N) is 1. The summed E-state index contributed by atoms with van der Waals surface area (Å²) in [5, 5.41) is 10.5. The molecule has 126 valence electrons. The summed E-state index contributed by atoms with van der Waals surface area (Å²) in [4.78, 5) is 12.2. The second kappa shape index (κ2) is 6.23. The van der Waals surface area contributed by atoms with Crippen molar-refractivity contribution in [1.82, 2.24) is 0 Å². The molecule has 1 unspecified atom stereocenters. The number of nitrogens with zero attached hydrogens (tertiary/aromatic N) is 1. The lowest BCUT2D eigenvalue weighted by Crippen LogP contribution is -2.34. The van der Waals surface area contributed by atoms with Crippen molar-refractivity contribution in [2.24, 2.45) is 5.73 Å². The molecule has 0 spiro atoms. The van der Waals surface area contributed by atoms with E-state index in [9.17, 15) is 14.4 Å². The smallest absolute Gasteiger partial charge is 0.335 e. The summed E-state index contributed by atoms with van der Waals surface area (Å²) < 4.78 is 18.2. The van der Waals surface area contributed by atoms with Gasteiger partial charge in [0.25, 0.3) is 0 Å². The SMILES string of the molecule is COC(=O)C1=C(N)c2ccc(Cl)cc2C(C#N)(c2ccc(F)cc2)C1. The predicted molar refractivity (Wildman–Crippen MR) is 92.0 cm³/mol. The standard InChI is InChI=1S/C19H14ClFN2O2/c1-25-18(24)15-9-19(10-22,11-2-5-13(21)6-3-11)16-8-12(20)4-7-14(16)17(15)23/h2-8H,9,23H2,1H3. The minimum atomic E-state index is -1.22. The van der Waals surface area contributed by atoms with Crippen LogP contribution in [0, 0.1) is 17.1 Å². The highest BCUT2D eigenvalue weighted by molar-refractivity contribution is 6.30. The van der Waals surface area contributed by atoms with Gasteiger partial charge in [-0.25, -0.2) is 9.18 Å². The highest BCUT2D eigenvalue weighted by atomic mass is 35.5. The molecule has 1 aliphatic carbocycles. The van der Waals surface area contributed by atoms with Crippen molar-refractivity contribution < 1.29 is 13.9 Å². The number of carbonyl (C=O) groups is 1. The van der Waals surface area contributed by atoms with Crippen molar-refractivity contribution in [2.45, 2.75) is 11.8 Å². The number of ether oxygens (including phenoxy) is 1. The van der Waals surface area contributed by atoms with Gasteiger partial charge in [-0.15, -0.1) is 0 Å². The zero-order valence-electron chi connectivity index (χ0n) is 13.3. The molecule has 0 amide bonds. The van der Waals surface area contributed by atoms with Crippen molar-refractivity contribution in [2.75, 3.05) is 7.11 Å². The maximum Gasteiger partial charge on any atom is 0.335 e. The predicted octanol–water partition coefficient (Wildman–Crippen LogP) is 3.54. The molecule has 0 fully saturated rings.